The number of aliphatic hydroxyl groups is 10. The van der Waals surface area contributed by atoms with Crippen LogP contribution in [0.5, 0.6) is 0 Å². The van der Waals surface area contributed by atoms with Crippen molar-refractivity contribution >= 4 is 156 Å². The Morgan fingerprint density at radius 1 is 0.491 bits per heavy atom. The summed E-state index contributed by atoms with van der Waals surface area (Å²) in [6.07, 6.45) is 10.4. The van der Waals surface area contributed by atoms with Gasteiger partial charge in [-0.1, -0.05) is 99.8 Å². The molecule has 0 radical (unpaired) electrons. The molecule has 15 rings (SSSR count). The Bertz CT molecular complexity index is 5820. The molecule has 48 heteroatoms. The minimum absolute atomic E-state index is 0.0164. The molecular formula is C62H61Cl5FN23O18S. The third kappa shape index (κ3) is 13.7. The van der Waals surface area contributed by atoms with E-state index in [1.54, 1.807) is 0 Å². The average Bonchev–Trinajstić information content (AvgIpc) is 1.62. The molecule has 10 aromatic rings. The van der Waals surface area contributed by atoms with Crippen LogP contribution in [0.3, 0.4) is 0 Å². The summed E-state index contributed by atoms with van der Waals surface area (Å²) in [5.74, 6) is 9.14. The van der Waals surface area contributed by atoms with Crippen molar-refractivity contribution in [3.05, 3.63) is 85.2 Å². The third-order valence-electron chi connectivity index (χ3n) is 17.3. The Morgan fingerprint density at radius 3 is 1.33 bits per heavy atom. The fraction of sp³-hybridized carbons (Fsp3) is 0.403. The molecule has 10 aromatic heterocycles. The van der Waals surface area contributed by atoms with E-state index < -0.39 is 177 Å². The number of nitrogens with two attached hydrogens (primary N) is 5. The maximum Gasteiger partial charge on any atom is 0.280 e. The van der Waals surface area contributed by atoms with Crippen LogP contribution < -0.4 is 45.3 Å². The number of nitrogens with zero attached hydrogens (tertiary/aromatic N) is 14. The lowest BCUT2D eigenvalue weighted by atomic mass is 9.99. The van der Waals surface area contributed by atoms with E-state index in [9.17, 15) is 69.8 Å². The molecular weight excluding hydrogens is 1580 g/mol. The number of aliphatic hydroxyl groups excluding tert-OH is 5. The van der Waals surface area contributed by atoms with Crippen molar-refractivity contribution in [1.82, 2.24) is 87.6 Å². The minimum atomic E-state index is -2.99. The Balaban J connectivity index is 0.000000147. The second-order valence-corrected chi connectivity index (χ2v) is 27.1. The van der Waals surface area contributed by atoms with Gasteiger partial charge in [-0.25, -0.2) is 29.3 Å². The lowest BCUT2D eigenvalue weighted by molar-refractivity contribution is -0.0436. The Labute approximate surface area is 658 Å². The largest absolute Gasteiger partial charge is 0.394 e. The van der Waals surface area contributed by atoms with Crippen molar-refractivity contribution in [2.75, 3.05) is 61.5 Å². The Hall–Kier alpha value is -9.91. The molecule has 0 aromatic carbocycles. The molecule has 5 fully saturated rings. The highest BCUT2D eigenvalue weighted by molar-refractivity contribution is 7.71. The van der Waals surface area contributed by atoms with Crippen LogP contribution in [0.25, 0.3) is 55.6 Å². The normalized spacial score (nSPS) is 33.5. The van der Waals surface area contributed by atoms with Crippen LogP contribution in [0.2, 0.25) is 0 Å². The zero-order chi connectivity index (χ0) is 89.3. The van der Waals surface area contributed by atoms with Crippen molar-refractivity contribution in [2.45, 2.75) is 117 Å². The predicted molar refractivity (Wildman–Crippen MR) is 391 cm³/mol. The molecule has 41 nitrogen and oxygen atoms in total. The molecule has 5 unspecified atom stereocenters. The standard InChI is InChI=1S/C13H12ClFN4O4.C13H13ClN4O4.C12H12ClN5O4.C12H12ClN5O3S.C12H12ClN5O3/c1-2-13(14)8(21)6(4-20)23-11(13)19-3-5(15)7-9(19)17-12(16)18-10(7)22;1-2-13(14)8(20)7(5-19)22-11(13)18-4-3-6-9(18)16-12(15)17-10(6)21;1-2-12(13)7(20)5(3-19)22-10(12)18-4-15-6-8(18)16-11(14)17-9(6)21;1-2-12(13)7(20)5(3-19)21-10(12)18-4-15-6-8(18)16-11(14)17-9(6)22;1-2-12(13)8(20)7(4-19)21-10(12)18-5-16-6-3-15-11(14)17-9(6)18/h1,3,6,8,11,20-21H,4H2,(H3,16,17,18,22);1,3-4,7-8,11,19-20H,5H2,(H3,15,16,17,21);1,4-5,7,10,19-20H,3H2,(H3,14,16,17,21);1,4-5,7,10,19-20H,3H2,(H3,14,16,17,22);1,3,5,7-8,10,19-20H,4H2,(H2,14,15,17)/t6-,8+,11-,13?;7-,8+,11-,13?;2*5-,7+,10-,12?;7-,8+,10-,12?/m11111/s1/i4D2;5D2;2*3D2;4D2. The molecule has 5 saturated heterocycles. The molecule has 5 aliphatic rings. The van der Waals surface area contributed by atoms with Crippen LogP contribution in [0, 0.1) is 72.2 Å². The van der Waals surface area contributed by atoms with Crippen LogP contribution >= 0.6 is 70.2 Å². The summed E-state index contributed by atoms with van der Waals surface area (Å²) in [6.45, 7) is -14.5. The third-order valence-corrected chi connectivity index (χ3v) is 20.2. The number of nitrogen functional groups attached to an aromatic ring is 5. The molecule has 5 aliphatic heterocycles. The number of halogens is 6. The molecule has 110 heavy (non-hydrogen) atoms. The van der Waals surface area contributed by atoms with Gasteiger partial charge < -0.3 is 113 Å². The van der Waals surface area contributed by atoms with Gasteiger partial charge in [-0.2, -0.15) is 19.9 Å². The van der Waals surface area contributed by atoms with E-state index >= 15 is 0 Å². The van der Waals surface area contributed by atoms with E-state index in [1.165, 1.54) is 44.8 Å². The molecule has 580 valence electrons. The molecule has 15 heterocycles. The van der Waals surface area contributed by atoms with Gasteiger partial charge in [0.05, 0.1) is 77.1 Å². The highest BCUT2D eigenvalue weighted by Gasteiger charge is 2.60. The van der Waals surface area contributed by atoms with Gasteiger partial charge in [0.25, 0.3) is 16.7 Å². The number of imidazole rings is 3. The average molecular weight is 1650 g/mol. The quantitative estimate of drug-likeness (QED) is 0.0355. The maximum atomic E-state index is 14.2. The summed E-state index contributed by atoms with van der Waals surface area (Å²) in [4.78, 5) is 70.9. The first kappa shape index (κ1) is 68.1. The molecule has 24 N–H and O–H groups in total. The summed E-state index contributed by atoms with van der Waals surface area (Å²) < 4.78 is 121. The van der Waals surface area contributed by atoms with Gasteiger partial charge in [-0.3, -0.25) is 47.6 Å². The lowest BCUT2D eigenvalue weighted by Crippen LogP contribution is -2.41. The Morgan fingerprint density at radius 2 is 0.864 bits per heavy atom. The van der Waals surface area contributed by atoms with E-state index in [4.69, 9.17) is 168 Å². The van der Waals surface area contributed by atoms with Gasteiger partial charge in [-0.15, -0.1) is 32.1 Å². The van der Waals surface area contributed by atoms with E-state index in [-0.39, 0.29) is 73.5 Å². The zero-order valence-electron chi connectivity index (χ0n) is 64.7. The van der Waals surface area contributed by atoms with Gasteiger partial charge in [0.1, 0.15) is 83.1 Å². The highest BCUT2D eigenvalue weighted by Crippen LogP contribution is 2.49. The van der Waals surface area contributed by atoms with E-state index in [2.05, 4.69) is 94.4 Å². The number of nitrogens with one attached hydrogen (secondary N) is 4. The first-order valence-corrected chi connectivity index (χ1v) is 32.7. The van der Waals surface area contributed by atoms with E-state index in [1.807, 2.05) is 0 Å². The van der Waals surface area contributed by atoms with Crippen LogP contribution in [-0.2, 0) is 23.7 Å². The fourth-order valence-corrected chi connectivity index (χ4v) is 13.4. The number of alkyl halides is 5. The molecule has 0 spiro atoms. The number of aromatic amines is 4. The number of anilines is 5. The lowest BCUT2D eigenvalue weighted by Gasteiger charge is -2.25. The van der Waals surface area contributed by atoms with E-state index in [0.29, 0.717) is 11.0 Å². The number of H-pyrrole nitrogens is 4. The minimum Gasteiger partial charge on any atom is -0.394 e. The predicted octanol–water partition coefficient (Wildman–Crippen LogP) is -3.76. The SMILES string of the molecule is [2H]C([2H])(O)[C@H]1O[C@@H](n2cc(F)c3c(=O)[nH]c(N)nc32)C(Cl)(C#C)[C@H]1O.[2H]C([2H])(O)[C@H]1O[C@@H](n2ccc3c(=O)[nH]c(N)nc32)C(Cl)(C#C)[C@H]1O.[2H]C([2H])(O)[C@H]1O[C@@H](n2cnc3c(=O)[nH]c(N)nc32)C(Cl)(C#C)[C@H]1O.[2H]C([2H])(O)[C@H]1O[C@@H](n2cnc3c(=S)nc(N)[nH]c32)C(Cl)(C#C)[C@H]1O.[2H]C([2H])(O)[C@H]1O[C@@H](n2cnc3cnc(N)nc32)C(Cl)(C#C)[C@H]1O. The Kier molecular flexibility index (Phi) is 19.3. The summed E-state index contributed by atoms with van der Waals surface area (Å²) in [6, 6.07) is 1.42. The van der Waals surface area contributed by atoms with Crippen molar-refractivity contribution < 1.29 is 92.8 Å². The first-order chi connectivity index (χ1) is 55.5. The number of hydrogen-bond donors (Lipinski definition) is 19. The van der Waals surface area contributed by atoms with Crippen molar-refractivity contribution in [1.29, 1.82) is 0 Å². The molecule has 0 saturated carbocycles. The summed E-state index contributed by atoms with van der Waals surface area (Å²) in [7, 11) is 0. The van der Waals surface area contributed by atoms with Crippen molar-refractivity contribution in [3.63, 3.8) is 0 Å². The fourth-order valence-electron chi connectivity index (χ4n) is 11.8. The first-order valence-electron chi connectivity index (χ1n) is 35.4. The second kappa shape index (κ2) is 31.1. The van der Waals surface area contributed by atoms with Crippen molar-refractivity contribution in [2.24, 2.45) is 0 Å². The van der Waals surface area contributed by atoms with Gasteiger partial charge in [0.2, 0.25) is 23.8 Å². The van der Waals surface area contributed by atoms with Crippen molar-refractivity contribution in [3.8, 4) is 61.7 Å². The van der Waals surface area contributed by atoms with Gasteiger partial charge in [0, 0.05) is 12.4 Å². The van der Waals surface area contributed by atoms with Gasteiger partial charge in [-0.05, 0) is 6.07 Å². The molecule has 0 aliphatic carbocycles. The van der Waals surface area contributed by atoms with Crippen LogP contribution in [0.4, 0.5) is 34.1 Å². The second-order valence-electron chi connectivity index (χ2n) is 23.6. The number of aromatic nitrogens is 18. The van der Waals surface area contributed by atoms with Crippen LogP contribution in [-0.4, -0.2) is 257 Å². The molecule has 0 amide bonds. The highest BCUT2D eigenvalue weighted by atomic mass is 35.5. The maximum absolute atomic E-state index is 14.2. The zero-order valence-corrected chi connectivity index (χ0v) is 59.2. The monoisotopic (exact) mass is 1650 g/mol. The molecule has 20 atom stereocenters. The van der Waals surface area contributed by atoms with Crippen LogP contribution in [0.15, 0.2) is 58.0 Å². The summed E-state index contributed by atoms with van der Waals surface area (Å²) in [5.41, 5.74) is 26.7. The summed E-state index contributed by atoms with van der Waals surface area (Å²) >= 11 is 36.5. The number of ether oxygens (including phenoxy) is 5. The summed E-state index contributed by atoms with van der Waals surface area (Å²) in [5, 5.41) is 98.8. The van der Waals surface area contributed by atoms with E-state index in [0.717, 1.165) is 21.7 Å². The number of rotatable bonds is 10. The topological polar surface area (TPSA) is 634 Å². The number of terminal acetylenes is 5. The van der Waals surface area contributed by atoms with Crippen LogP contribution in [0.1, 0.15) is 44.8 Å². The van der Waals surface area contributed by atoms with Gasteiger partial charge in [0.15, 0.2) is 100 Å². The van der Waals surface area contributed by atoms with Gasteiger partial charge >= 0.3 is 0 Å². The smallest absolute Gasteiger partial charge is 0.280 e. The number of fused-ring (bicyclic) bond motifs is 5. The molecule has 0 bridgehead atoms. The number of hydrogen-bond acceptors (Lipinski definition) is 33.